The molecule has 0 atom stereocenters. The van der Waals surface area contributed by atoms with E-state index in [1.807, 2.05) is 70.4 Å². The molecule has 0 spiro atoms. The summed E-state index contributed by atoms with van der Waals surface area (Å²) in [5.74, 6) is 9.74. The van der Waals surface area contributed by atoms with E-state index in [-0.39, 0.29) is 11.1 Å². The van der Waals surface area contributed by atoms with Gasteiger partial charge in [-0.25, -0.2) is 8.78 Å². The van der Waals surface area contributed by atoms with Crippen LogP contribution in [0.25, 0.3) is 0 Å². The predicted octanol–water partition coefficient (Wildman–Crippen LogP) is 4.76. The Labute approximate surface area is 165 Å². The molecule has 0 aliphatic rings. The minimum absolute atomic E-state index is 0.246. The lowest BCUT2D eigenvalue weighted by Crippen LogP contribution is -2.13. The minimum atomic E-state index is -0.712. The number of halogens is 2. The maximum atomic E-state index is 14.4. The van der Waals surface area contributed by atoms with Crippen LogP contribution in [0.4, 0.5) is 8.78 Å². The second-order valence-corrected chi connectivity index (χ2v) is 6.54. The van der Waals surface area contributed by atoms with Crippen molar-refractivity contribution in [2.45, 2.75) is 20.7 Å². The summed E-state index contributed by atoms with van der Waals surface area (Å²) in [6, 6.07) is 15.7. The molecular weight excluding hydrogens is 349 g/mol. The van der Waals surface area contributed by atoms with E-state index in [1.54, 1.807) is 0 Å². The Morgan fingerprint density at radius 2 is 1.25 bits per heavy atom. The van der Waals surface area contributed by atoms with Crippen molar-refractivity contribution in [2.24, 2.45) is 0 Å². The smallest absolute Gasteiger partial charge is 0.148 e. The van der Waals surface area contributed by atoms with E-state index < -0.39 is 11.6 Å². The van der Waals surface area contributed by atoms with Gasteiger partial charge in [-0.15, -0.1) is 0 Å². The lowest BCUT2D eigenvalue weighted by molar-refractivity contribution is 0.577. The lowest BCUT2D eigenvalue weighted by atomic mass is 9.71. The molecule has 0 amide bonds. The van der Waals surface area contributed by atoms with Crippen LogP contribution in [0, 0.1) is 49.2 Å². The molecule has 0 bridgehead atoms. The summed E-state index contributed by atoms with van der Waals surface area (Å²) in [4.78, 5) is 0. The zero-order chi connectivity index (χ0) is 20.1. The average Bonchev–Trinajstić information content (AvgIpc) is 2.67. The number of hydrogen-bond acceptors (Lipinski definition) is 0. The summed E-state index contributed by atoms with van der Waals surface area (Å²) >= 11 is 0. The van der Waals surface area contributed by atoms with Gasteiger partial charge in [-0.2, -0.15) is 0 Å². The van der Waals surface area contributed by atoms with E-state index in [2.05, 4.69) is 23.7 Å². The zero-order valence-electron chi connectivity index (χ0n) is 16.0. The van der Waals surface area contributed by atoms with Gasteiger partial charge in [0, 0.05) is 16.7 Å². The second-order valence-electron chi connectivity index (χ2n) is 6.54. The first-order chi connectivity index (χ1) is 13.5. The van der Waals surface area contributed by atoms with E-state index in [9.17, 15) is 8.78 Å². The fourth-order valence-corrected chi connectivity index (χ4v) is 2.76. The van der Waals surface area contributed by atoms with Crippen molar-refractivity contribution in [3.8, 4) is 23.7 Å². The molecule has 1 radical (unpaired) electrons. The Morgan fingerprint density at radius 3 is 1.86 bits per heavy atom. The van der Waals surface area contributed by atoms with Gasteiger partial charge in [0.15, 0.2) is 0 Å². The van der Waals surface area contributed by atoms with E-state index in [4.69, 9.17) is 0 Å². The first kappa shape index (κ1) is 19.5. The standard InChI is InChI=1S/C25H18BF2/c1-17-4-6-19(7-5-17)10-12-22-24(27)15-21(16-25(22)28)9-8-20-11-13-23(26-3)18(2)14-20/h4-7,11,13-16H,1-3H3. The molecule has 135 valence electrons. The molecular formula is C25H18BF2. The van der Waals surface area contributed by atoms with Crippen molar-refractivity contribution in [3.63, 3.8) is 0 Å². The SMILES string of the molecule is C[B]c1ccc(C#Cc2cc(F)c(C#Cc3ccc(C)cc3)c(F)c2)cc1C. The molecule has 28 heavy (non-hydrogen) atoms. The number of aryl methyl sites for hydroxylation is 2. The molecule has 3 aromatic carbocycles. The van der Waals surface area contributed by atoms with E-state index in [0.29, 0.717) is 5.56 Å². The van der Waals surface area contributed by atoms with Crippen LogP contribution in [0.5, 0.6) is 0 Å². The van der Waals surface area contributed by atoms with Crippen LogP contribution in [-0.4, -0.2) is 7.28 Å². The van der Waals surface area contributed by atoms with Crippen molar-refractivity contribution in [1.82, 2.24) is 0 Å². The van der Waals surface area contributed by atoms with Crippen LogP contribution >= 0.6 is 0 Å². The van der Waals surface area contributed by atoms with E-state index >= 15 is 0 Å². The topological polar surface area (TPSA) is 0 Å². The maximum Gasteiger partial charge on any atom is 0.148 e. The van der Waals surface area contributed by atoms with Gasteiger partial charge in [0.05, 0.1) is 5.56 Å². The third-order valence-electron chi connectivity index (χ3n) is 4.36. The van der Waals surface area contributed by atoms with Gasteiger partial charge in [-0.05, 0) is 50.2 Å². The monoisotopic (exact) mass is 367 g/mol. The number of benzene rings is 3. The highest BCUT2D eigenvalue weighted by Gasteiger charge is 2.08. The third-order valence-corrected chi connectivity index (χ3v) is 4.36. The first-order valence-electron chi connectivity index (χ1n) is 8.96. The average molecular weight is 367 g/mol. The van der Waals surface area contributed by atoms with Crippen molar-refractivity contribution < 1.29 is 8.78 Å². The summed E-state index contributed by atoms with van der Waals surface area (Å²) in [6.07, 6.45) is 0. The molecule has 3 heteroatoms. The highest BCUT2D eigenvalue weighted by Crippen LogP contribution is 2.15. The van der Waals surface area contributed by atoms with Gasteiger partial charge < -0.3 is 0 Å². The van der Waals surface area contributed by atoms with Gasteiger partial charge in [-0.3, -0.25) is 0 Å². The van der Waals surface area contributed by atoms with Crippen LogP contribution in [0.15, 0.2) is 54.6 Å². The molecule has 0 saturated heterocycles. The Bertz CT molecular complexity index is 1110. The molecule has 3 aromatic rings. The maximum absolute atomic E-state index is 14.4. The second kappa shape index (κ2) is 8.60. The molecule has 0 aromatic heterocycles. The molecule has 0 aliphatic heterocycles. The third kappa shape index (κ3) is 4.70. The highest BCUT2D eigenvalue weighted by atomic mass is 19.1. The molecule has 0 heterocycles. The number of rotatable bonds is 1. The van der Waals surface area contributed by atoms with Gasteiger partial charge in [0.2, 0.25) is 0 Å². The van der Waals surface area contributed by atoms with Gasteiger partial charge >= 0.3 is 0 Å². The lowest BCUT2D eigenvalue weighted by Gasteiger charge is -2.02. The van der Waals surface area contributed by atoms with Gasteiger partial charge in [0.1, 0.15) is 18.9 Å². The molecule has 0 unspecified atom stereocenters. The van der Waals surface area contributed by atoms with Gasteiger partial charge in [0.25, 0.3) is 0 Å². The normalized spacial score (nSPS) is 9.75. The van der Waals surface area contributed by atoms with Crippen LogP contribution in [0.2, 0.25) is 6.82 Å². The Hall–Kier alpha value is -3.30. The summed E-state index contributed by atoms with van der Waals surface area (Å²) in [5.41, 5.74) is 4.88. The fourth-order valence-electron chi connectivity index (χ4n) is 2.76. The predicted molar refractivity (Wildman–Crippen MR) is 112 cm³/mol. The molecule has 0 saturated carbocycles. The first-order valence-corrected chi connectivity index (χ1v) is 8.96. The number of hydrogen-bond donors (Lipinski definition) is 0. The Kier molecular flexibility index (Phi) is 5.98. The van der Waals surface area contributed by atoms with Crippen LogP contribution in [-0.2, 0) is 0 Å². The van der Waals surface area contributed by atoms with Crippen LogP contribution in [0.1, 0.15) is 33.4 Å². The molecule has 0 aliphatic carbocycles. The Balaban J connectivity index is 1.87. The molecule has 0 N–H and O–H groups in total. The van der Waals surface area contributed by atoms with E-state index in [1.165, 1.54) is 12.1 Å². The van der Waals surface area contributed by atoms with Crippen LogP contribution < -0.4 is 5.46 Å². The minimum Gasteiger partial charge on any atom is -0.205 e. The quantitative estimate of drug-likeness (QED) is 0.430. The summed E-state index contributed by atoms with van der Waals surface area (Å²) in [6.45, 7) is 5.94. The molecule has 0 fully saturated rings. The summed E-state index contributed by atoms with van der Waals surface area (Å²) in [5, 5.41) is 0. The fraction of sp³-hybridized carbons (Fsp3) is 0.120. The molecule has 3 rings (SSSR count). The summed E-state index contributed by atoms with van der Waals surface area (Å²) < 4.78 is 28.7. The Morgan fingerprint density at radius 1 is 0.679 bits per heavy atom. The van der Waals surface area contributed by atoms with Crippen molar-refractivity contribution >= 4 is 12.7 Å². The van der Waals surface area contributed by atoms with E-state index in [0.717, 1.165) is 22.2 Å². The van der Waals surface area contributed by atoms with Crippen molar-refractivity contribution in [1.29, 1.82) is 0 Å². The van der Waals surface area contributed by atoms with Crippen molar-refractivity contribution in [2.75, 3.05) is 0 Å². The largest absolute Gasteiger partial charge is 0.205 e. The molecule has 0 nitrogen and oxygen atoms in total. The van der Waals surface area contributed by atoms with Crippen molar-refractivity contribution in [3.05, 3.63) is 99.6 Å². The zero-order valence-corrected chi connectivity index (χ0v) is 16.0. The van der Waals surface area contributed by atoms with Gasteiger partial charge in [-0.1, -0.05) is 65.3 Å². The van der Waals surface area contributed by atoms with Crippen LogP contribution in [0.3, 0.4) is 0 Å². The highest BCUT2D eigenvalue weighted by molar-refractivity contribution is 6.52. The summed E-state index contributed by atoms with van der Waals surface area (Å²) in [7, 11) is 2.02.